The molecule has 140 valence electrons. The molecule has 0 spiro atoms. The summed E-state index contributed by atoms with van der Waals surface area (Å²) in [5.41, 5.74) is 11.2. The van der Waals surface area contributed by atoms with Gasteiger partial charge in [-0.15, -0.1) is 0 Å². The van der Waals surface area contributed by atoms with E-state index in [-0.39, 0.29) is 21.8 Å². The Balaban J connectivity index is 1.70. The molecule has 0 saturated carbocycles. The van der Waals surface area contributed by atoms with Crippen LogP contribution in [0.3, 0.4) is 0 Å². The van der Waals surface area contributed by atoms with E-state index in [9.17, 15) is 5.11 Å². The summed E-state index contributed by atoms with van der Waals surface area (Å²) >= 11 is 12.2. The fourth-order valence-electron chi connectivity index (χ4n) is 4.07. The zero-order chi connectivity index (χ0) is 19.4. The lowest BCUT2D eigenvalue weighted by Gasteiger charge is -2.12. The average molecular weight is 411 g/mol. The first kappa shape index (κ1) is 17.3. The average Bonchev–Trinajstić information content (AvgIpc) is 3.27. The predicted octanol–water partition coefficient (Wildman–Crippen LogP) is 5.03. The number of phenols is 1. The number of hydrogen-bond acceptors (Lipinski definition) is 4. The molecule has 0 radical (unpaired) electrons. The standard InChI is InChI=1S/C21H16Cl2N4O/c22-16-7-13(8-17(28)19(16)23)15-9-27(21-18(15)20(24)25-10-26-21)14-5-11-3-1-2-4-12(11)6-14/h1-4,7-10,14,28H,5-6H2,(H2,24,25,26). The van der Waals surface area contributed by atoms with Gasteiger partial charge < -0.3 is 15.4 Å². The number of anilines is 1. The third kappa shape index (κ3) is 2.62. The predicted molar refractivity (Wildman–Crippen MR) is 112 cm³/mol. The Bertz CT molecular complexity index is 1190. The van der Waals surface area contributed by atoms with Crippen LogP contribution in [0, 0.1) is 0 Å². The van der Waals surface area contributed by atoms with Crippen LogP contribution in [0.4, 0.5) is 5.82 Å². The third-order valence-electron chi connectivity index (χ3n) is 5.38. The number of hydrogen-bond donors (Lipinski definition) is 2. The summed E-state index contributed by atoms with van der Waals surface area (Å²) in [6.45, 7) is 0. The largest absolute Gasteiger partial charge is 0.506 e. The molecule has 2 aromatic carbocycles. The van der Waals surface area contributed by atoms with E-state index in [1.807, 2.05) is 6.20 Å². The maximum Gasteiger partial charge on any atom is 0.146 e. The van der Waals surface area contributed by atoms with Crippen LogP contribution in [0.5, 0.6) is 5.75 Å². The van der Waals surface area contributed by atoms with Gasteiger partial charge in [0, 0.05) is 17.8 Å². The van der Waals surface area contributed by atoms with Gasteiger partial charge >= 0.3 is 0 Å². The molecule has 5 nitrogen and oxygen atoms in total. The van der Waals surface area contributed by atoms with Crippen molar-refractivity contribution < 1.29 is 5.11 Å². The van der Waals surface area contributed by atoms with Gasteiger partial charge in [0.2, 0.25) is 0 Å². The Morgan fingerprint density at radius 3 is 2.46 bits per heavy atom. The van der Waals surface area contributed by atoms with Crippen LogP contribution < -0.4 is 5.73 Å². The van der Waals surface area contributed by atoms with E-state index in [1.54, 1.807) is 12.1 Å². The van der Waals surface area contributed by atoms with Gasteiger partial charge in [0.1, 0.15) is 28.6 Å². The summed E-state index contributed by atoms with van der Waals surface area (Å²) in [5.74, 6) is 0.314. The fraction of sp³-hybridized carbons (Fsp3) is 0.143. The van der Waals surface area contributed by atoms with E-state index in [0.29, 0.717) is 11.4 Å². The smallest absolute Gasteiger partial charge is 0.146 e. The molecule has 0 fully saturated rings. The first-order chi connectivity index (χ1) is 13.5. The molecule has 2 aromatic heterocycles. The van der Waals surface area contributed by atoms with E-state index in [0.717, 1.165) is 29.4 Å². The van der Waals surface area contributed by atoms with Gasteiger partial charge in [0.15, 0.2) is 0 Å². The number of halogens is 2. The van der Waals surface area contributed by atoms with Gasteiger partial charge in [0.05, 0.1) is 10.4 Å². The number of benzene rings is 2. The first-order valence-corrected chi connectivity index (χ1v) is 9.64. The maximum atomic E-state index is 10.1. The minimum absolute atomic E-state index is 0.0752. The number of fused-ring (bicyclic) bond motifs is 2. The quantitative estimate of drug-likeness (QED) is 0.485. The van der Waals surface area contributed by atoms with Crippen molar-refractivity contribution in [1.82, 2.24) is 14.5 Å². The van der Waals surface area contributed by atoms with Gasteiger partial charge in [-0.05, 0) is 41.7 Å². The van der Waals surface area contributed by atoms with Gasteiger partial charge in [0.25, 0.3) is 0 Å². The highest BCUT2D eigenvalue weighted by Crippen LogP contribution is 2.42. The van der Waals surface area contributed by atoms with Crippen molar-refractivity contribution in [2.75, 3.05) is 5.73 Å². The zero-order valence-electron chi connectivity index (χ0n) is 14.7. The topological polar surface area (TPSA) is 77.0 Å². The second kappa shape index (κ2) is 6.40. The van der Waals surface area contributed by atoms with Crippen molar-refractivity contribution in [3.63, 3.8) is 0 Å². The monoisotopic (exact) mass is 410 g/mol. The maximum absolute atomic E-state index is 10.1. The number of nitrogens with zero attached hydrogens (tertiary/aromatic N) is 3. The second-order valence-corrected chi connectivity index (χ2v) is 7.81. The van der Waals surface area contributed by atoms with Crippen LogP contribution in [-0.2, 0) is 12.8 Å². The van der Waals surface area contributed by atoms with Crippen molar-refractivity contribution in [2.24, 2.45) is 0 Å². The van der Waals surface area contributed by atoms with E-state index >= 15 is 0 Å². The van der Waals surface area contributed by atoms with Crippen LogP contribution >= 0.6 is 23.2 Å². The van der Waals surface area contributed by atoms with E-state index < -0.39 is 0 Å². The fourth-order valence-corrected chi connectivity index (χ4v) is 4.39. The Labute approximate surface area is 171 Å². The lowest BCUT2D eigenvalue weighted by Crippen LogP contribution is -2.08. The van der Waals surface area contributed by atoms with Crippen LogP contribution in [0.15, 0.2) is 48.9 Å². The lowest BCUT2D eigenvalue weighted by atomic mass is 10.1. The summed E-state index contributed by atoms with van der Waals surface area (Å²) in [7, 11) is 0. The summed E-state index contributed by atoms with van der Waals surface area (Å²) in [4.78, 5) is 8.68. The number of nitrogens with two attached hydrogens (primary N) is 1. The van der Waals surface area contributed by atoms with Crippen LogP contribution in [0.1, 0.15) is 17.2 Å². The highest BCUT2D eigenvalue weighted by molar-refractivity contribution is 6.43. The summed E-state index contributed by atoms with van der Waals surface area (Å²) < 4.78 is 2.16. The number of rotatable bonds is 2. The molecule has 28 heavy (non-hydrogen) atoms. The van der Waals surface area contributed by atoms with Crippen molar-refractivity contribution in [3.8, 4) is 16.9 Å². The van der Waals surface area contributed by atoms with Crippen molar-refractivity contribution >= 4 is 40.1 Å². The number of aromatic hydroxyl groups is 1. The van der Waals surface area contributed by atoms with Crippen LogP contribution in [-0.4, -0.2) is 19.6 Å². The molecule has 0 atom stereocenters. The van der Waals surface area contributed by atoms with E-state index in [2.05, 4.69) is 38.8 Å². The molecule has 0 saturated heterocycles. The zero-order valence-corrected chi connectivity index (χ0v) is 16.2. The van der Waals surface area contributed by atoms with Crippen molar-refractivity contribution in [1.29, 1.82) is 0 Å². The molecular weight excluding hydrogens is 395 g/mol. The minimum atomic E-state index is -0.0752. The molecule has 1 aliphatic rings. The summed E-state index contributed by atoms with van der Waals surface area (Å²) in [6, 6.07) is 12.0. The van der Waals surface area contributed by atoms with E-state index in [1.165, 1.54) is 17.5 Å². The number of nitrogen functional groups attached to an aromatic ring is 1. The van der Waals surface area contributed by atoms with Gasteiger partial charge in [-0.2, -0.15) is 0 Å². The third-order valence-corrected chi connectivity index (χ3v) is 6.17. The second-order valence-electron chi connectivity index (χ2n) is 7.03. The Kier molecular flexibility index (Phi) is 3.96. The van der Waals surface area contributed by atoms with Gasteiger partial charge in [-0.3, -0.25) is 0 Å². The molecule has 0 amide bonds. The molecule has 2 heterocycles. The number of aromatic nitrogens is 3. The molecular formula is C21H16Cl2N4O. The molecule has 1 aliphatic carbocycles. The Morgan fingerprint density at radius 2 is 1.79 bits per heavy atom. The van der Waals surface area contributed by atoms with Gasteiger partial charge in [-0.25, -0.2) is 9.97 Å². The summed E-state index contributed by atoms with van der Waals surface area (Å²) in [5, 5.41) is 11.3. The molecule has 4 aromatic rings. The van der Waals surface area contributed by atoms with Gasteiger partial charge in [-0.1, -0.05) is 47.5 Å². The molecule has 3 N–H and O–H groups in total. The highest BCUT2D eigenvalue weighted by atomic mass is 35.5. The normalized spacial score (nSPS) is 13.9. The molecule has 5 rings (SSSR count). The molecule has 0 aliphatic heterocycles. The molecule has 7 heteroatoms. The Hall–Kier alpha value is -2.76. The minimum Gasteiger partial charge on any atom is -0.506 e. The SMILES string of the molecule is Nc1ncnc2c1c(-c1cc(O)c(Cl)c(Cl)c1)cn2C1Cc2ccccc2C1. The number of phenolic OH excluding ortho intramolecular Hbond substituents is 1. The van der Waals surface area contributed by atoms with Crippen LogP contribution in [0.25, 0.3) is 22.2 Å². The van der Waals surface area contributed by atoms with Crippen molar-refractivity contribution in [3.05, 3.63) is 70.1 Å². The molecule has 0 unspecified atom stereocenters. The summed E-state index contributed by atoms with van der Waals surface area (Å²) in [6.07, 6.45) is 5.35. The highest BCUT2D eigenvalue weighted by Gasteiger charge is 2.26. The van der Waals surface area contributed by atoms with Crippen LogP contribution in [0.2, 0.25) is 10.0 Å². The molecule has 0 bridgehead atoms. The Morgan fingerprint density at radius 1 is 1.07 bits per heavy atom. The van der Waals surface area contributed by atoms with Crippen molar-refractivity contribution in [2.45, 2.75) is 18.9 Å². The lowest BCUT2D eigenvalue weighted by molar-refractivity contribution is 0.476. The van der Waals surface area contributed by atoms with E-state index in [4.69, 9.17) is 28.9 Å². The first-order valence-electron chi connectivity index (χ1n) is 8.89.